The van der Waals surface area contributed by atoms with Crippen LogP contribution in [-0.2, 0) is 9.59 Å². The molecule has 4 atom stereocenters. The molecule has 0 saturated carbocycles. The number of halogens is 1. The van der Waals surface area contributed by atoms with Gasteiger partial charge < -0.3 is 14.4 Å². The molecule has 7 nitrogen and oxygen atoms in total. The molecular weight excluding hydrogens is 524 g/mol. The average Bonchev–Trinajstić information content (AvgIpc) is 3.57. The van der Waals surface area contributed by atoms with E-state index in [2.05, 4.69) is 15.9 Å². The molecule has 0 N–H and O–H groups in total. The van der Waals surface area contributed by atoms with Crippen LogP contribution >= 0.6 is 15.9 Å². The fraction of sp³-hybridized carbons (Fsp3) is 0.179. The quantitative estimate of drug-likeness (QED) is 0.359. The summed E-state index contributed by atoms with van der Waals surface area (Å²) in [5, 5.41) is 0. The van der Waals surface area contributed by atoms with Crippen LogP contribution in [0.3, 0.4) is 0 Å². The second-order valence-electron chi connectivity index (χ2n) is 9.23. The highest BCUT2D eigenvalue weighted by atomic mass is 79.9. The van der Waals surface area contributed by atoms with Crippen molar-refractivity contribution in [1.29, 1.82) is 0 Å². The number of amides is 2. The van der Waals surface area contributed by atoms with Gasteiger partial charge in [-0.1, -0.05) is 58.4 Å². The largest absolute Gasteiger partial charge is 0.454 e. The Hall–Kier alpha value is -3.91. The maximum absolute atomic E-state index is 14.0. The molecule has 0 spiro atoms. The fourth-order valence-electron chi connectivity index (χ4n) is 5.88. The SMILES string of the molecule is O=C(c1ccc(Br)cc1)[C@@H]1[C@@H]2C(=O)N(c3ccc4c(c3)OCO4)C(=O)[C@@H]2[C@H]2C=Cc3ccccc3N21. The summed E-state index contributed by atoms with van der Waals surface area (Å²) in [5.41, 5.74) is 2.72. The molecule has 0 aromatic heterocycles. The molecule has 0 unspecified atom stereocenters. The number of anilines is 2. The molecule has 3 aromatic carbocycles. The van der Waals surface area contributed by atoms with Gasteiger partial charge in [0.15, 0.2) is 17.3 Å². The minimum Gasteiger partial charge on any atom is -0.454 e. The van der Waals surface area contributed by atoms with Crippen molar-refractivity contribution in [3.05, 3.63) is 88.4 Å². The first-order chi connectivity index (χ1) is 17.5. The smallest absolute Gasteiger partial charge is 0.240 e. The summed E-state index contributed by atoms with van der Waals surface area (Å²) in [7, 11) is 0. The number of benzene rings is 3. The number of ether oxygens (including phenoxy) is 2. The molecule has 4 heterocycles. The van der Waals surface area contributed by atoms with E-state index in [-0.39, 0.29) is 24.4 Å². The van der Waals surface area contributed by atoms with Gasteiger partial charge in [0, 0.05) is 21.8 Å². The first-order valence-electron chi connectivity index (χ1n) is 11.7. The zero-order chi connectivity index (χ0) is 24.6. The fourth-order valence-corrected chi connectivity index (χ4v) is 6.14. The van der Waals surface area contributed by atoms with Gasteiger partial charge in [-0.3, -0.25) is 14.4 Å². The van der Waals surface area contributed by atoms with Crippen LogP contribution in [0.1, 0.15) is 15.9 Å². The topological polar surface area (TPSA) is 76.1 Å². The van der Waals surface area contributed by atoms with E-state index in [9.17, 15) is 14.4 Å². The predicted molar refractivity (Wildman–Crippen MR) is 136 cm³/mol. The summed E-state index contributed by atoms with van der Waals surface area (Å²) in [6, 6.07) is 18.7. The third-order valence-electron chi connectivity index (χ3n) is 7.43. The van der Waals surface area contributed by atoms with E-state index in [0.29, 0.717) is 22.7 Å². The van der Waals surface area contributed by atoms with Crippen molar-refractivity contribution in [3.63, 3.8) is 0 Å². The Bertz CT molecular complexity index is 1480. The van der Waals surface area contributed by atoms with Gasteiger partial charge in [-0.25, -0.2) is 4.90 Å². The second-order valence-corrected chi connectivity index (χ2v) is 10.1. The summed E-state index contributed by atoms with van der Waals surface area (Å²) in [4.78, 5) is 45.0. The zero-order valence-electron chi connectivity index (χ0n) is 18.8. The second kappa shape index (κ2) is 7.80. The Morgan fingerprint density at radius 1 is 0.889 bits per heavy atom. The van der Waals surface area contributed by atoms with Crippen molar-refractivity contribution in [3.8, 4) is 11.5 Å². The lowest BCUT2D eigenvalue weighted by atomic mass is 9.86. The lowest BCUT2D eigenvalue weighted by Crippen LogP contribution is -2.48. The molecule has 2 saturated heterocycles. The van der Waals surface area contributed by atoms with Crippen LogP contribution in [-0.4, -0.2) is 36.5 Å². The Labute approximate surface area is 215 Å². The van der Waals surface area contributed by atoms with Crippen molar-refractivity contribution in [2.75, 3.05) is 16.6 Å². The van der Waals surface area contributed by atoms with Gasteiger partial charge in [-0.05, 0) is 35.9 Å². The van der Waals surface area contributed by atoms with Crippen molar-refractivity contribution >= 4 is 51.0 Å². The average molecular weight is 543 g/mol. The highest BCUT2D eigenvalue weighted by Gasteiger charge is 2.64. The lowest BCUT2D eigenvalue weighted by Gasteiger charge is -2.36. The monoisotopic (exact) mass is 542 g/mol. The molecule has 0 aliphatic carbocycles. The van der Waals surface area contributed by atoms with Crippen molar-refractivity contribution in [2.24, 2.45) is 11.8 Å². The molecule has 36 heavy (non-hydrogen) atoms. The van der Waals surface area contributed by atoms with Gasteiger partial charge in [-0.2, -0.15) is 0 Å². The van der Waals surface area contributed by atoms with Crippen molar-refractivity contribution in [2.45, 2.75) is 12.1 Å². The molecule has 7 rings (SSSR count). The maximum Gasteiger partial charge on any atom is 0.240 e. The number of para-hydroxylation sites is 1. The molecular formula is C28H19BrN2O5. The number of ketones is 1. The third-order valence-corrected chi connectivity index (χ3v) is 7.96. The Kier molecular flexibility index (Phi) is 4.63. The van der Waals surface area contributed by atoms with Gasteiger partial charge in [0.05, 0.1) is 23.6 Å². The molecule has 4 aliphatic rings. The number of Topliss-reactive ketones (excluding diaryl/α,β-unsaturated/α-hetero) is 1. The molecule has 2 fully saturated rings. The van der Waals surface area contributed by atoms with Gasteiger partial charge in [0.1, 0.15) is 6.04 Å². The maximum atomic E-state index is 14.0. The van der Waals surface area contributed by atoms with Gasteiger partial charge >= 0.3 is 0 Å². The van der Waals surface area contributed by atoms with Gasteiger partial charge in [-0.15, -0.1) is 0 Å². The normalized spacial score (nSPS) is 25.1. The molecule has 178 valence electrons. The van der Waals surface area contributed by atoms with Crippen LogP contribution in [0.25, 0.3) is 6.08 Å². The number of fused-ring (bicyclic) bond motifs is 6. The van der Waals surface area contributed by atoms with Crippen LogP contribution in [0.4, 0.5) is 11.4 Å². The van der Waals surface area contributed by atoms with Crippen LogP contribution in [0.15, 0.2) is 77.3 Å². The molecule has 0 radical (unpaired) electrons. The van der Waals surface area contributed by atoms with Crippen LogP contribution in [0.5, 0.6) is 11.5 Å². The number of carbonyl (C=O) groups excluding carboxylic acids is 3. The first-order valence-corrected chi connectivity index (χ1v) is 12.4. The standard InChI is InChI=1S/C28H19BrN2O5/c29-17-8-5-16(6-9-17)26(32)25-24-23(20-11-7-15-3-1-2-4-19(15)31(20)25)27(33)30(28(24)34)18-10-12-21-22(13-18)36-14-35-21/h1-13,20,23-25H,14H2/t20-,23-,24-,25+/m1/s1. The molecule has 8 heteroatoms. The van der Waals surface area contributed by atoms with E-state index in [1.54, 1.807) is 30.3 Å². The van der Waals surface area contributed by atoms with E-state index >= 15 is 0 Å². The molecule has 3 aromatic rings. The van der Waals surface area contributed by atoms with Crippen LogP contribution in [0, 0.1) is 11.8 Å². The zero-order valence-corrected chi connectivity index (χ0v) is 20.4. The Balaban J connectivity index is 1.35. The number of nitrogens with zero attached hydrogens (tertiary/aromatic N) is 2. The molecule has 0 bridgehead atoms. The highest BCUT2D eigenvalue weighted by molar-refractivity contribution is 9.10. The summed E-state index contributed by atoms with van der Waals surface area (Å²) in [5.74, 6) is -1.32. The molecule has 4 aliphatic heterocycles. The lowest BCUT2D eigenvalue weighted by molar-refractivity contribution is -0.122. The first kappa shape index (κ1) is 21.4. The van der Waals surface area contributed by atoms with Crippen LogP contribution < -0.4 is 19.3 Å². The summed E-state index contributed by atoms with van der Waals surface area (Å²) >= 11 is 3.42. The minimum absolute atomic E-state index is 0.0942. The Morgan fingerprint density at radius 3 is 2.47 bits per heavy atom. The highest BCUT2D eigenvalue weighted by Crippen LogP contribution is 2.50. The van der Waals surface area contributed by atoms with Gasteiger partial charge in [0.2, 0.25) is 18.6 Å². The number of imide groups is 1. The Morgan fingerprint density at radius 2 is 1.64 bits per heavy atom. The van der Waals surface area contributed by atoms with Crippen molar-refractivity contribution < 1.29 is 23.9 Å². The van der Waals surface area contributed by atoms with Crippen LogP contribution in [0.2, 0.25) is 0 Å². The van der Waals surface area contributed by atoms with E-state index < -0.39 is 23.9 Å². The summed E-state index contributed by atoms with van der Waals surface area (Å²) in [6.07, 6.45) is 3.92. The van der Waals surface area contributed by atoms with E-state index in [0.717, 1.165) is 15.7 Å². The summed E-state index contributed by atoms with van der Waals surface area (Å²) in [6.45, 7) is 0.0942. The summed E-state index contributed by atoms with van der Waals surface area (Å²) < 4.78 is 11.7. The number of hydrogen-bond donors (Lipinski definition) is 0. The number of rotatable bonds is 3. The number of carbonyl (C=O) groups is 3. The molecule has 2 amide bonds. The van der Waals surface area contributed by atoms with Gasteiger partial charge in [0.25, 0.3) is 0 Å². The minimum atomic E-state index is -0.820. The van der Waals surface area contributed by atoms with E-state index in [1.165, 1.54) is 4.90 Å². The third kappa shape index (κ3) is 2.94. The predicted octanol–water partition coefficient (Wildman–Crippen LogP) is 4.45. The van der Waals surface area contributed by atoms with E-state index in [1.807, 2.05) is 53.5 Å². The van der Waals surface area contributed by atoms with E-state index in [4.69, 9.17) is 9.47 Å². The van der Waals surface area contributed by atoms with Crippen molar-refractivity contribution in [1.82, 2.24) is 0 Å². The number of hydrogen-bond acceptors (Lipinski definition) is 6.